The van der Waals surface area contributed by atoms with E-state index < -0.39 is 50.2 Å². The molecule has 15 heteroatoms. The van der Waals surface area contributed by atoms with Gasteiger partial charge in [0, 0.05) is 62.8 Å². The van der Waals surface area contributed by atoms with Gasteiger partial charge in [0.1, 0.15) is 23.5 Å². The standard InChI is InChI=1S/C29H29ClF5N5O3S/c1-17-11-19(29(33,34)35)14-27(37-17)40-24-4-3-20(36-5-6-39-7-9-44(42,43)10-8-39)12-18(24)13-26(40)28(41)38(2)25-15-21(30)22(31)16-23(25)32/h3-4,11-12,14-16,26,36H,5-10,13H2,1-2H3/t26-/m0/s1. The first-order valence-electron chi connectivity index (χ1n) is 13.7. The molecule has 0 aliphatic carbocycles. The second-order valence-electron chi connectivity index (χ2n) is 10.8. The number of alkyl halides is 3. The third kappa shape index (κ3) is 6.76. The molecular formula is C29H29ClF5N5O3S. The largest absolute Gasteiger partial charge is 0.416 e. The van der Waals surface area contributed by atoms with Gasteiger partial charge in [-0.2, -0.15) is 13.2 Å². The van der Waals surface area contributed by atoms with Crippen LogP contribution in [0.5, 0.6) is 0 Å². The van der Waals surface area contributed by atoms with Gasteiger partial charge < -0.3 is 15.1 Å². The summed E-state index contributed by atoms with van der Waals surface area (Å²) >= 11 is 5.85. The minimum atomic E-state index is -4.67. The van der Waals surface area contributed by atoms with Crippen molar-refractivity contribution < 1.29 is 35.2 Å². The second kappa shape index (κ2) is 12.1. The summed E-state index contributed by atoms with van der Waals surface area (Å²) in [6, 6.07) is 7.37. The van der Waals surface area contributed by atoms with Gasteiger partial charge in [0.2, 0.25) is 5.91 Å². The number of halogens is 6. The van der Waals surface area contributed by atoms with E-state index in [1.807, 2.05) is 4.90 Å². The minimum absolute atomic E-state index is 0.0610. The van der Waals surface area contributed by atoms with E-state index in [1.54, 1.807) is 18.2 Å². The fourth-order valence-corrected chi connectivity index (χ4v) is 6.86. The number of carbonyl (C=O) groups excluding carboxylic acids is 1. The number of anilines is 4. The van der Waals surface area contributed by atoms with E-state index in [4.69, 9.17) is 11.6 Å². The van der Waals surface area contributed by atoms with Crippen LogP contribution in [0, 0.1) is 18.6 Å². The van der Waals surface area contributed by atoms with Crippen molar-refractivity contribution in [2.45, 2.75) is 25.6 Å². The van der Waals surface area contributed by atoms with Crippen molar-refractivity contribution in [3.63, 3.8) is 0 Å². The Labute approximate surface area is 256 Å². The first-order valence-corrected chi connectivity index (χ1v) is 15.9. The first kappa shape index (κ1) is 31.9. The third-order valence-corrected chi connectivity index (χ3v) is 9.64. The van der Waals surface area contributed by atoms with Gasteiger partial charge in [0.05, 0.1) is 27.8 Å². The number of nitrogens with one attached hydrogen (secondary N) is 1. The van der Waals surface area contributed by atoms with Crippen molar-refractivity contribution in [1.82, 2.24) is 9.88 Å². The Bertz CT molecular complexity index is 1690. The van der Waals surface area contributed by atoms with Crippen LogP contribution in [0.15, 0.2) is 42.5 Å². The average molecular weight is 658 g/mol. The molecule has 1 amide bonds. The Balaban J connectivity index is 1.44. The predicted molar refractivity (Wildman–Crippen MR) is 158 cm³/mol. The number of aryl methyl sites for hydroxylation is 1. The number of hydrogen-bond donors (Lipinski definition) is 1. The molecule has 1 aromatic heterocycles. The number of rotatable bonds is 7. The van der Waals surface area contributed by atoms with Crippen molar-refractivity contribution in [3.8, 4) is 0 Å². The zero-order valence-electron chi connectivity index (χ0n) is 23.8. The van der Waals surface area contributed by atoms with Gasteiger partial charge in [0.25, 0.3) is 0 Å². The normalized spacial score (nSPS) is 18.3. The van der Waals surface area contributed by atoms with Crippen LogP contribution in [0.4, 0.5) is 44.8 Å². The molecule has 0 spiro atoms. The molecule has 2 aliphatic heterocycles. The van der Waals surface area contributed by atoms with Gasteiger partial charge in [-0.15, -0.1) is 0 Å². The van der Waals surface area contributed by atoms with Gasteiger partial charge in [-0.1, -0.05) is 11.6 Å². The Morgan fingerprint density at radius 2 is 1.80 bits per heavy atom. The Hall–Kier alpha value is -3.49. The molecule has 0 bridgehead atoms. The van der Waals surface area contributed by atoms with E-state index in [1.165, 1.54) is 18.9 Å². The van der Waals surface area contributed by atoms with Crippen LogP contribution in [-0.4, -0.2) is 75.0 Å². The summed E-state index contributed by atoms with van der Waals surface area (Å²) in [6.07, 6.45) is -4.60. The summed E-state index contributed by atoms with van der Waals surface area (Å²) in [5.74, 6) is -2.59. The molecule has 3 aromatic rings. The Kier molecular flexibility index (Phi) is 8.80. The first-order chi connectivity index (χ1) is 20.6. The van der Waals surface area contributed by atoms with E-state index in [0.29, 0.717) is 49.2 Å². The van der Waals surface area contributed by atoms with Gasteiger partial charge in [-0.3, -0.25) is 9.69 Å². The number of pyridine rings is 1. The average Bonchev–Trinajstić information content (AvgIpc) is 3.33. The Morgan fingerprint density at radius 3 is 2.48 bits per heavy atom. The topological polar surface area (TPSA) is 85.8 Å². The van der Waals surface area contributed by atoms with Crippen LogP contribution >= 0.6 is 11.6 Å². The van der Waals surface area contributed by atoms with Crippen LogP contribution in [0.3, 0.4) is 0 Å². The highest BCUT2D eigenvalue weighted by molar-refractivity contribution is 7.91. The molecule has 1 saturated heterocycles. The predicted octanol–water partition coefficient (Wildman–Crippen LogP) is 5.21. The molecular weight excluding hydrogens is 629 g/mol. The molecule has 0 saturated carbocycles. The quantitative estimate of drug-likeness (QED) is 0.276. The number of fused-ring (bicyclic) bond motifs is 1. The summed E-state index contributed by atoms with van der Waals surface area (Å²) in [6.45, 7) is 3.42. The van der Waals surface area contributed by atoms with Crippen molar-refractivity contribution in [2.24, 2.45) is 0 Å². The van der Waals surface area contributed by atoms with Crippen LogP contribution in [0.2, 0.25) is 5.02 Å². The zero-order valence-corrected chi connectivity index (χ0v) is 25.3. The van der Waals surface area contributed by atoms with E-state index in [-0.39, 0.29) is 35.1 Å². The van der Waals surface area contributed by atoms with Gasteiger partial charge in [-0.05, 0) is 48.9 Å². The maximum Gasteiger partial charge on any atom is 0.416 e. The molecule has 236 valence electrons. The lowest BCUT2D eigenvalue weighted by atomic mass is 10.1. The van der Waals surface area contributed by atoms with E-state index in [9.17, 15) is 35.2 Å². The van der Waals surface area contributed by atoms with Gasteiger partial charge >= 0.3 is 6.18 Å². The third-order valence-electron chi connectivity index (χ3n) is 7.74. The number of aromatic nitrogens is 1. The number of sulfone groups is 1. The number of carbonyl (C=O) groups is 1. The molecule has 2 aliphatic rings. The van der Waals surface area contributed by atoms with Gasteiger partial charge in [-0.25, -0.2) is 22.2 Å². The van der Waals surface area contributed by atoms with E-state index in [2.05, 4.69) is 10.3 Å². The lowest BCUT2D eigenvalue weighted by Crippen LogP contribution is -2.45. The fraction of sp³-hybridized carbons (Fsp3) is 0.379. The summed E-state index contributed by atoms with van der Waals surface area (Å²) in [5.41, 5.74) is 0.640. The summed E-state index contributed by atoms with van der Waals surface area (Å²) < 4.78 is 93.1. The second-order valence-corrected chi connectivity index (χ2v) is 13.5. The lowest BCUT2D eigenvalue weighted by Gasteiger charge is -2.30. The highest BCUT2D eigenvalue weighted by Gasteiger charge is 2.40. The minimum Gasteiger partial charge on any atom is -0.384 e. The van der Waals surface area contributed by atoms with E-state index in [0.717, 1.165) is 23.1 Å². The number of amides is 1. The molecule has 2 aromatic carbocycles. The number of nitrogens with zero attached hydrogens (tertiary/aromatic N) is 4. The SMILES string of the molecule is Cc1cc(C(F)(F)F)cc(N2c3ccc(NCCN4CCS(=O)(=O)CC4)cc3C[C@H]2C(=O)N(C)c2cc(Cl)c(F)cc2F)n1. The molecule has 1 fully saturated rings. The van der Waals surface area contributed by atoms with Gasteiger partial charge in [0.15, 0.2) is 9.84 Å². The summed E-state index contributed by atoms with van der Waals surface area (Å²) in [4.78, 5) is 22.6. The summed E-state index contributed by atoms with van der Waals surface area (Å²) in [5, 5.41) is 2.88. The van der Waals surface area contributed by atoms with Crippen molar-refractivity contribution in [1.29, 1.82) is 0 Å². The monoisotopic (exact) mass is 657 g/mol. The molecule has 44 heavy (non-hydrogen) atoms. The van der Waals surface area contributed by atoms with Crippen LogP contribution in [-0.2, 0) is 27.2 Å². The zero-order chi connectivity index (χ0) is 32.0. The number of benzene rings is 2. The maximum atomic E-state index is 14.7. The van der Waals surface area contributed by atoms with Crippen molar-refractivity contribution in [3.05, 3.63) is 75.9 Å². The Morgan fingerprint density at radius 1 is 1.09 bits per heavy atom. The number of hydrogen-bond acceptors (Lipinski definition) is 7. The summed E-state index contributed by atoms with van der Waals surface area (Å²) in [7, 11) is -1.72. The molecule has 8 nitrogen and oxygen atoms in total. The highest BCUT2D eigenvalue weighted by atomic mass is 35.5. The van der Waals surface area contributed by atoms with E-state index >= 15 is 0 Å². The lowest BCUT2D eigenvalue weighted by molar-refractivity contribution is -0.137. The van der Waals surface area contributed by atoms with Crippen LogP contribution in [0.25, 0.3) is 0 Å². The number of likely N-dealkylation sites (N-methyl/N-ethyl adjacent to an activating group) is 1. The fourth-order valence-electron chi connectivity index (χ4n) is 5.42. The molecule has 1 atom stereocenters. The maximum absolute atomic E-state index is 14.7. The van der Waals surface area contributed by atoms with Crippen molar-refractivity contribution >= 4 is 50.2 Å². The van der Waals surface area contributed by atoms with Crippen LogP contribution in [0.1, 0.15) is 16.8 Å². The highest BCUT2D eigenvalue weighted by Crippen LogP contribution is 2.42. The van der Waals surface area contributed by atoms with Crippen LogP contribution < -0.4 is 15.1 Å². The molecule has 0 radical (unpaired) electrons. The molecule has 3 heterocycles. The smallest absolute Gasteiger partial charge is 0.384 e. The van der Waals surface area contributed by atoms with Crippen molar-refractivity contribution in [2.75, 3.05) is 59.8 Å². The molecule has 5 rings (SSSR count). The molecule has 1 N–H and O–H groups in total. The molecule has 0 unspecified atom stereocenters.